The molecule has 1 aromatic heterocycles. The highest BCUT2D eigenvalue weighted by Crippen LogP contribution is 2.61. The average Bonchev–Trinajstić information content (AvgIpc) is 2.56. The minimum absolute atomic E-state index is 0.329. The van der Waals surface area contributed by atoms with Gasteiger partial charge in [0.25, 0.3) is 0 Å². The Balaban J connectivity index is 1.75. The van der Waals surface area contributed by atoms with Crippen LogP contribution in [0.3, 0.4) is 0 Å². The van der Waals surface area contributed by atoms with Crippen molar-refractivity contribution in [3.8, 4) is 0 Å². The molecule has 2 saturated carbocycles. The van der Waals surface area contributed by atoms with Crippen molar-refractivity contribution in [3.05, 3.63) is 21.9 Å². The van der Waals surface area contributed by atoms with E-state index < -0.39 is 0 Å². The molecule has 1 aromatic rings. The molecule has 0 radical (unpaired) electrons. The first-order valence-corrected chi connectivity index (χ1v) is 6.46. The Bertz CT molecular complexity index is 334. The van der Waals surface area contributed by atoms with E-state index in [1.54, 1.807) is 0 Å². The summed E-state index contributed by atoms with van der Waals surface area (Å²) in [6.07, 6.45) is 4.32. The summed E-state index contributed by atoms with van der Waals surface area (Å²) < 4.78 is 0. The second kappa shape index (κ2) is 3.07. The van der Waals surface area contributed by atoms with Gasteiger partial charge in [-0.15, -0.1) is 11.3 Å². The van der Waals surface area contributed by atoms with E-state index in [0.29, 0.717) is 6.04 Å². The normalized spacial score (nSPS) is 36.9. The standard InChI is InChI=1S/C12H17NS/c1-7-5-8(6-14-7)12(13)11-9-3-2-4-10(9)11/h5-6,9-12H,2-4,13H2,1H3. The van der Waals surface area contributed by atoms with Crippen molar-refractivity contribution in [2.75, 3.05) is 0 Å². The van der Waals surface area contributed by atoms with Crippen LogP contribution in [0.4, 0.5) is 0 Å². The first-order valence-electron chi connectivity index (χ1n) is 5.58. The van der Waals surface area contributed by atoms with Crippen LogP contribution in [-0.4, -0.2) is 0 Å². The van der Waals surface area contributed by atoms with Crippen molar-refractivity contribution in [3.63, 3.8) is 0 Å². The van der Waals surface area contributed by atoms with Gasteiger partial charge in [0.05, 0.1) is 0 Å². The van der Waals surface area contributed by atoms with Crippen molar-refractivity contribution < 1.29 is 0 Å². The van der Waals surface area contributed by atoms with Gasteiger partial charge in [0.2, 0.25) is 0 Å². The molecule has 2 heteroatoms. The molecular weight excluding hydrogens is 190 g/mol. The van der Waals surface area contributed by atoms with Crippen LogP contribution < -0.4 is 5.73 Å². The minimum atomic E-state index is 0.329. The summed E-state index contributed by atoms with van der Waals surface area (Å²) in [4.78, 5) is 1.39. The monoisotopic (exact) mass is 207 g/mol. The van der Waals surface area contributed by atoms with Crippen molar-refractivity contribution >= 4 is 11.3 Å². The van der Waals surface area contributed by atoms with Crippen LogP contribution >= 0.6 is 11.3 Å². The molecule has 0 aromatic carbocycles. The van der Waals surface area contributed by atoms with Gasteiger partial charge < -0.3 is 5.73 Å². The highest BCUT2D eigenvalue weighted by atomic mass is 32.1. The lowest BCUT2D eigenvalue weighted by atomic mass is 10.00. The summed E-state index contributed by atoms with van der Waals surface area (Å²) in [7, 11) is 0. The Hall–Kier alpha value is -0.340. The van der Waals surface area contributed by atoms with E-state index >= 15 is 0 Å². The number of thiophene rings is 1. The van der Waals surface area contributed by atoms with Gasteiger partial charge in [-0.25, -0.2) is 0 Å². The van der Waals surface area contributed by atoms with Crippen LogP contribution in [0.15, 0.2) is 11.4 Å². The number of rotatable bonds is 2. The molecule has 0 bridgehead atoms. The van der Waals surface area contributed by atoms with Crippen molar-refractivity contribution in [2.45, 2.75) is 32.2 Å². The molecule has 0 saturated heterocycles. The molecule has 14 heavy (non-hydrogen) atoms. The van der Waals surface area contributed by atoms with E-state index in [1.165, 1.54) is 29.7 Å². The van der Waals surface area contributed by atoms with E-state index in [0.717, 1.165) is 17.8 Å². The molecule has 3 unspecified atom stereocenters. The molecule has 76 valence electrons. The lowest BCUT2D eigenvalue weighted by molar-refractivity contribution is 0.502. The highest BCUT2D eigenvalue weighted by Gasteiger charge is 2.55. The van der Waals surface area contributed by atoms with E-state index in [2.05, 4.69) is 18.4 Å². The molecule has 2 N–H and O–H groups in total. The second-order valence-corrected chi connectivity index (χ2v) is 5.97. The van der Waals surface area contributed by atoms with Crippen LogP contribution in [0.25, 0.3) is 0 Å². The van der Waals surface area contributed by atoms with Crippen molar-refractivity contribution in [2.24, 2.45) is 23.5 Å². The predicted octanol–water partition coefficient (Wildman–Crippen LogP) is 3.10. The first-order chi connectivity index (χ1) is 6.77. The SMILES string of the molecule is Cc1cc(C(N)C2C3CCCC32)cs1. The third kappa shape index (κ3) is 1.24. The molecular formula is C12H17NS. The van der Waals surface area contributed by atoms with E-state index in [9.17, 15) is 0 Å². The minimum Gasteiger partial charge on any atom is -0.324 e. The molecule has 0 aliphatic heterocycles. The third-order valence-corrected chi connectivity index (χ3v) is 4.90. The molecule has 0 amide bonds. The quantitative estimate of drug-likeness (QED) is 0.792. The first kappa shape index (κ1) is 8.93. The maximum Gasteiger partial charge on any atom is 0.0337 e. The Morgan fingerprint density at radius 3 is 2.71 bits per heavy atom. The topological polar surface area (TPSA) is 26.0 Å². The summed E-state index contributed by atoms with van der Waals surface area (Å²) in [6.45, 7) is 2.16. The maximum absolute atomic E-state index is 6.31. The zero-order chi connectivity index (χ0) is 9.71. The molecule has 1 nitrogen and oxygen atoms in total. The highest BCUT2D eigenvalue weighted by molar-refractivity contribution is 7.10. The van der Waals surface area contributed by atoms with Crippen LogP contribution in [0, 0.1) is 24.7 Å². The fraction of sp³-hybridized carbons (Fsp3) is 0.667. The molecule has 2 fully saturated rings. The second-order valence-electron chi connectivity index (χ2n) is 4.85. The zero-order valence-electron chi connectivity index (χ0n) is 8.57. The largest absolute Gasteiger partial charge is 0.324 e. The van der Waals surface area contributed by atoms with Gasteiger partial charge in [0, 0.05) is 10.9 Å². The van der Waals surface area contributed by atoms with Crippen LogP contribution in [0.2, 0.25) is 0 Å². The van der Waals surface area contributed by atoms with Crippen LogP contribution in [0.5, 0.6) is 0 Å². The lowest BCUT2D eigenvalue weighted by Crippen LogP contribution is -2.14. The molecule has 3 rings (SSSR count). The summed E-state index contributed by atoms with van der Waals surface area (Å²) in [5.41, 5.74) is 7.69. The van der Waals surface area contributed by atoms with Gasteiger partial charge in [0.1, 0.15) is 0 Å². The van der Waals surface area contributed by atoms with Gasteiger partial charge in [-0.2, -0.15) is 0 Å². The van der Waals surface area contributed by atoms with Crippen LogP contribution in [0.1, 0.15) is 35.7 Å². The van der Waals surface area contributed by atoms with E-state index in [1.807, 2.05) is 11.3 Å². The fourth-order valence-electron chi connectivity index (χ4n) is 3.27. The summed E-state index contributed by atoms with van der Waals surface area (Å²) in [5.74, 6) is 2.77. The molecule has 2 aliphatic rings. The Kier molecular flexibility index (Phi) is 1.96. The van der Waals surface area contributed by atoms with Gasteiger partial charge in [-0.3, -0.25) is 0 Å². The van der Waals surface area contributed by atoms with Gasteiger partial charge in [-0.1, -0.05) is 6.42 Å². The number of hydrogen-bond acceptors (Lipinski definition) is 2. The number of fused-ring (bicyclic) bond motifs is 1. The van der Waals surface area contributed by atoms with E-state index in [-0.39, 0.29) is 0 Å². The van der Waals surface area contributed by atoms with Crippen LogP contribution in [-0.2, 0) is 0 Å². The van der Waals surface area contributed by atoms with Gasteiger partial charge >= 0.3 is 0 Å². The van der Waals surface area contributed by atoms with Gasteiger partial charge in [0.15, 0.2) is 0 Å². The summed E-state index contributed by atoms with van der Waals surface area (Å²) in [6, 6.07) is 2.60. The number of hydrogen-bond donors (Lipinski definition) is 1. The van der Waals surface area contributed by atoms with Crippen molar-refractivity contribution in [1.29, 1.82) is 0 Å². The molecule has 1 heterocycles. The van der Waals surface area contributed by atoms with Crippen molar-refractivity contribution in [1.82, 2.24) is 0 Å². The average molecular weight is 207 g/mol. The number of aryl methyl sites for hydroxylation is 1. The lowest BCUT2D eigenvalue weighted by Gasteiger charge is -2.11. The fourth-order valence-corrected chi connectivity index (χ4v) is 4.02. The van der Waals surface area contributed by atoms with E-state index in [4.69, 9.17) is 5.73 Å². The molecule has 0 spiro atoms. The maximum atomic E-state index is 6.31. The zero-order valence-corrected chi connectivity index (χ0v) is 9.39. The number of nitrogens with two attached hydrogens (primary N) is 1. The Labute approximate surface area is 89.3 Å². The third-order valence-electron chi connectivity index (χ3n) is 4.02. The summed E-state index contributed by atoms with van der Waals surface area (Å²) in [5, 5.41) is 2.24. The molecule has 3 atom stereocenters. The predicted molar refractivity (Wildman–Crippen MR) is 60.3 cm³/mol. The summed E-state index contributed by atoms with van der Waals surface area (Å²) >= 11 is 1.83. The molecule has 2 aliphatic carbocycles. The van der Waals surface area contributed by atoms with Gasteiger partial charge in [-0.05, 0) is 54.5 Å². The Morgan fingerprint density at radius 2 is 2.14 bits per heavy atom. The Morgan fingerprint density at radius 1 is 1.43 bits per heavy atom. The smallest absolute Gasteiger partial charge is 0.0337 e.